The van der Waals surface area contributed by atoms with E-state index in [0.29, 0.717) is 5.02 Å². The summed E-state index contributed by atoms with van der Waals surface area (Å²) >= 11 is 9.49. The summed E-state index contributed by atoms with van der Waals surface area (Å²) < 4.78 is 0.859. The number of benzene rings is 2. The first-order valence-corrected chi connectivity index (χ1v) is 8.25. The second-order valence-electron chi connectivity index (χ2n) is 5.93. The molecule has 0 radical (unpaired) electrons. The van der Waals surface area contributed by atoms with Gasteiger partial charge in [-0.05, 0) is 41.2 Å². The van der Waals surface area contributed by atoms with Gasteiger partial charge in [-0.1, -0.05) is 72.6 Å². The minimum atomic E-state index is -0.683. The molecule has 0 aromatic heterocycles. The van der Waals surface area contributed by atoms with Gasteiger partial charge in [0.1, 0.15) is 6.10 Å². The van der Waals surface area contributed by atoms with Crippen molar-refractivity contribution in [2.75, 3.05) is 0 Å². The zero-order valence-corrected chi connectivity index (χ0v) is 14.9. The molecular weight excluding hydrogens is 348 g/mol. The topological polar surface area (TPSA) is 20.2 Å². The average molecular weight is 368 g/mol. The molecule has 0 saturated carbocycles. The number of aliphatic hydroxyl groups excluding tert-OH is 1. The van der Waals surface area contributed by atoms with E-state index >= 15 is 0 Å². The van der Waals surface area contributed by atoms with E-state index in [1.165, 1.54) is 5.56 Å². The number of rotatable bonds is 4. The molecular formula is C18H20BrClO. The Bertz CT molecular complexity index is 620. The Balaban J connectivity index is 2.32. The molecule has 2 aromatic carbocycles. The predicted molar refractivity (Wildman–Crippen MR) is 93.0 cm³/mol. The Morgan fingerprint density at radius 2 is 1.76 bits per heavy atom. The minimum Gasteiger partial charge on any atom is -0.384 e. The molecule has 1 nitrogen and oxygen atoms in total. The maximum Gasteiger partial charge on any atom is 0.105 e. The van der Waals surface area contributed by atoms with Crippen molar-refractivity contribution in [2.45, 2.75) is 38.7 Å². The van der Waals surface area contributed by atoms with Crippen LogP contribution in [0.1, 0.15) is 50.0 Å². The third-order valence-corrected chi connectivity index (χ3v) is 5.10. The third-order valence-electron chi connectivity index (χ3n) is 4.14. The zero-order valence-electron chi connectivity index (χ0n) is 12.5. The molecule has 112 valence electrons. The lowest BCUT2D eigenvalue weighted by Gasteiger charge is -2.24. The fraction of sp³-hybridized carbons (Fsp3) is 0.333. The van der Waals surface area contributed by atoms with Crippen molar-refractivity contribution in [3.05, 3.63) is 68.7 Å². The van der Waals surface area contributed by atoms with Crippen LogP contribution in [0.4, 0.5) is 0 Å². The number of halogens is 2. The van der Waals surface area contributed by atoms with E-state index in [1.54, 1.807) is 12.1 Å². The molecule has 0 aliphatic carbocycles. The predicted octanol–water partition coefficient (Wildman–Crippen LogP) is 5.87. The van der Waals surface area contributed by atoms with E-state index in [2.05, 4.69) is 48.8 Å². The van der Waals surface area contributed by atoms with Crippen LogP contribution < -0.4 is 0 Å². The van der Waals surface area contributed by atoms with E-state index in [4.69, 9.17) is 11.6 Å². The SMILES string of the molecule is CCC(C)(C)c1ccc(C(O)c2cc(Cl)ccc2Br)cc1. The van der Waals surface area contributed by atoms with Gasteiger partial charge in [0.2, 0.25) is 0 Å². The lowest BCUT2D eigenvalue weighted by molar-refractivity contribution is 0.219. The summed E-state index contributed by atoms with van der Waals surface area (Å²) in [5.74, 6) is 0. The normalized spacial score (nSPS) is 13.2. The molecule has 0 bridgehead atoms. The van der Waals surface area contributed by atoms with E-state index in [1.807, 2.05) is 18.2 Å². The average Bonchev–Trinajstić information content (AvgIpc) is 2.49. The maximum absolute atomic E-state index is 10.6. The van der Waals surface area contributed by atoms with Gasteiger partial charge in [-0.3, -0.25) is 0 Å². The summed E-state index contributed by atoms with van der Waals surface area (Å²) in [4.78, 5) is 0. The van der Waals surface area contributed by atoms with Crippen LogP contribution in [-0.2, 0) is 5.41 Å². The molecule has 0 fully saturated rings. The van der Waals surface area contributed by atoms with Gasteiger partial charge in [-0.25, -0.2) is 0 Å². The van der Waals surface area contributed by atoms with E-state index in [-0.39, 0.29) is 5.41 Å². The quantitative estimate of drug-likeness (QED) is 0.716. The van der Waals surface area contributed by atoms with Gasteiger partial charge in [0.15, 0.2) is 0 Å². The van der Waals surface area contributed by atoms with E-state index in [9.17, 15) is 5.11 Å². The summed E-state index contributed by atoms with van der Waals surface area (Å²) in [7, 11) is 0. The molecule has 1 atom stereocenters. The van der Waals surface area contributed by atoms with Crippen molar-refractivity contribution >= 4 is 27.5 Å². The summed E-state index contributed by atoms with van der Waals surface area (Å²) in [6.45, 7) is 6.64. The molecule has 3 heteroatoms. The molecule has 1 N–H and O–H groups in total. The molecule has 21 heavy (non-hydrogen) atoms. The smallest absolute Gasteiger partial charge is 0.105 e. The summed E-state index contributed by atoms with van der Waals surface area (Å²) in [6, 6.07) is 13.6. The van der Waals surface area contributed by atoms with Crippen LogP contribution in [0, 0.1) is 0 Å². The summed E-state index contributed by atoms with van der Waals surface area (Å²) in [5, 5.41) is 11.2. The van der Waals surface area contributed by atoms with Crippen molar-refractivity contribution < 1.29 is 5.11 Å². The molecule has 0 heterocycles. The van der Waals surface area contributed by atoms with Crippen LogP contribution in [0.2, 0.25) is 5.02 Å². The largest absolute Gasteiger partial charge is 0.384 e. The van der Waals surface area contributed by atoms with Crippen LogP contribution in [0.3, 0.4) is 0 Å². The molecule has 0 saturated heterocycles. The van der Waals surface area contributed by atoms with Gasteiger partial charge in [-0.2, -0.15) is 0 Å². The van der Waals surface area contributed by atoms with Crippen LogP contribution in [0.5, 0.6) is 0 Å². The lowest BCUT2D eigenvalue weighted by Crippen LogP contribution is -2.15. The molecule has 0 amide bonds. The standard InChI is InChI=1S/C18H20BrClO/c1-4-18(2,3)13-7-5-12(6-8-13)17(21)15-11-14(20)9-10-16(15)19/h5-11,17,21H,4H2,1-3H3. The first-order valence-electron chi connectivity index (χ1n) is 7.08. The molecule has 2 aromatic rings. The van der Waals surface area contributed by atoms with Gasteiger partial charge in [0, 0.05) is 15.1 Å². The Morgan fingerprint density at radius 3 is 2.33 bits per heavy atom. The molecule has 0 spiro atoms. The number of hydrogen-bond acceptors (Lipinski definition) is 1. The summed E-state index contributed by atoms with van der Waals surface area (Å²) in [6.07, 6.45) is 0.395. The fourth-order valence-corrected chi connectivity index (χ4v) is 2.87. The van der Waals surface area contributed by atoms with Crippen LogP contribution in [0.25, 0.3) is 0 Å². The van der Waals surface area contributed by atoms with Gasteiger partial charge in [-0.15, -0.1) is 0 Å². The Kier molecular flexibility index (Phi) is 5.13. The second kappa shape index (κ2) is 6.51. The van der Waals surface area contributed by atoms with E-state index in [0.717, 1.165) is 22.0 Å². The van der Waals surface area contributed by atoms with Crippen molar-refractivity contribution in [2.24, 2.45) is 0 Å². The van der Waals surface area contributed by atoms with Crippen LogP contribution >= 0.6 is 27.5 Å². The number of aliphatic hydroxyl groups is 1. The van der Waals surface area contributed by atoms with Gasteiger partial charge in [0.25, 0.3) is 0 Å². The second-order valence-corrected chi connectivity index (χ2v) is 7.22. The van der Waals surface area contributed by atoms with E-state index < -0.39 is 6.10 Å². The van der Waals surface area contributed by atoms with Crippen molar-refractivity contribution in [3.63, 3.8) is 0 Å². The van der Waals surface area contributed by atoms with Gasteiger partial charge in [0.05, 0.1) is 0 Å². The maximum atomic E-state index is 10.6. The Hall–Kier alpha value is -0.830. The highest BCUT2D eigenvalue weighted by Gasteiger charge is 2.19. The fourth-order valence-electron chi connectivity index (χ4n) is 2.22. The van der Waals surface area contributed by atoms with Crippen LogP contribution in [-0.4, -0.2) is 5.11 Å². The minimum absolute atomic E-state index is 0.153. The highest BCUT2D eigenvalue weighted by atomic mass is 79.9. The molecule has 0 aliphatic heterocycles. The zero-order chi connectivity index (χ0) is 15.6. The van der Waals surface area contributed by atoms with Crippen LogP contribution in [0.15, 0.2) is 46.9 Å². The molecule has 0 aliphatic rings. The highest BCUT2D eigenvalue weighted by Crippen LogP contribution is 2.32. The first kappa shape index (κ1) is 16.5. The molecule has 1 unspecified atom stereocenters. The molecule has 2 rings (SSSR count). The van der Waals surface area contributed by atoms with Crippen molar-refractivity contribution in [3.8, 4) is 0 Å². The third kappa shape index (κ3) is 3.68. The highest BCUT2D eigenvalue weighted by molar-refractivity contribution is 9.10. The van der Waals surface area contributed by atoms with Gasteiger partial charge < -0.3 is 5.11 Å². The summed E-state index contributed by atoms with van der Waals surface area (Å²) in [5.41, 5.74) is 3.09. The van der Waals surface area contributed by atoms with Gasteiger partial charge >= 0.3 is 0 Å². The first-order chi connectivity index (χ1) is 9.85. The van der Waals surface area contributed by atoms with Crippen molar-refractivity contribution in [1.82, 2.24) is 0 Å². The lowest BCUT2D eigenvalue weighted by atomic mass is 9.82. The van der Waals surface area contributed by atoms with Crippen molar-refractivity contribution in [1.29, 1.82) is 0 Å². The Morgan fingerprint density at radius 1 is 1.14 bits per heavy atom. The monoisotopic (exact) mass is 366 g/mol. The number of hydrogen-bond donors (Lipinski definition) is 1. The Labute approximate surface area is 140 Å².